The lowest BCUT2D eigenvalue weighted by atomic mass is 10.1. The molecule has 2 unspecified atom stereocenters. The van der Waals surface area contributed by atoms with Gasteiger partial charge in [0.1, 0.15) is 19.8 Å². The molecule has 0 saturated carbocycles. The number of nitrogens with zero attached hydrogens (tertiary/aromatic N) is 1. The van der Waals surface area contributed by atoms with Gasteiger partial charge in [-0.2, -0.15) is 0 Å². The van der Waals surface area contributed by atoms with Gasteiger partial charge in [-0.3, -0.25) is 18.6 Å². The lowest BCUT2D eigenvalue weighted by Gasteiger charge is -2.24. The molecule has 0 aromatic carbocycles. The Bertz CT molecular complexity index is 923. The molecule has 0 radical (unpaired) electrons. The highest BCUT2D eigenvalue weighted by Crippen LogP contribution is 2.43. The number of quaternary nitrogens is 1. The summed E-state index contributed by atoms with van der Waals surface area (Å²) in [4.78, 5) is 34.9. The molecule has 0 rings (SSSR count). The maximum absolute atomic E-state index is 12.5. The van der Waals surface area contributed by atoms with Gasteiger partial charge in [0, 0.05) is 12.8 Å². The van der Waals surface area contributed by atoms with Gasteiger partial charge in [0.05, 0.1) is 27.7 Å². The molecule has 0 fully saturated rings. The van der Waals surface area contributed by atoms with E-state index in [1.165, 1.54) is 32.1 Å². The van der Waals surface area contributed by atoms with Crippen LogP contribution in [0.15, 0.2) is 48.6 Å². The van der Waals surface area contributed by atoms with E-state index in [0.29, 0.717) is 17.4 Å². The van der Waals surface area contributed by atoms with E-state index < -0.39 is 32.5 Å². The molecule has 0 aromatic heterocycles. The van der Waals surface area contributed by atoms with Crippen molar-refractivity contribution < 1.29 is 42.1 Å². The number of allylic oxidation sites excluding steroid dienone is 8. The summed E-state index contributed by atoms with van der Waals surface area (Å²) >= 11 is 0. The van der Waals surface area contributed by atoms with Crippen LogP contribution in [0.2, 0.25) is 0 Å². The third-order valence-electron chi connectivity index (χ3n) is 6.64. The minimum Gasteiger partial charge on any atom is -0.462 e. The number of phosphoric acid groups is 1. The highest BCUT2D eigenvalue weighted by Gasteiger charge is 2.27. The van der Waals surface area contributed by atoms with Crippen LogP contribution in [-0.4, -0.2) is 74.9 Å². The topological polar surface area (TPSA) is 108 Å². The van der Waals surface area contributed by atoms with Crippen molar-refractivity contribution in [3.8, 4) is 0 Å². The fourth-order valence-electron chi connectivity index (χ4n) is 3.97. The highest BCUT2D eigenvalue weighted by atomic mass is 31.2. The van der Waals surface area contributed by atoms with Crippen molar-refractivity contribution in [2.24, 2.45) is 0 Å². The summed E-state index contributed by atoms with van der Waals surface area (Å²) in [6, 6.07) is 0. The van der Waals surface area contributed by atoms with Crippen LogP contribution in [-0.2, 0) is 32.7 Å². The molecule has 0 aliphatic carbocycles. The first-order valence-electron chi connectivity index (χ1n) is 16.9. The van der Waals surface area contributed by atoms with E-state index in [-0.39, 0.29) is 26.1 Å². The van der Waals surface area contributed by atoms with Crippen LogP contribution < -0.4 is 0 Å². The molecule has 0 aliphatic rings. The number of hydrogen-bond acceptors (Lipinski definition) is 7. The minimum atomic E-state index is -4.38. The maximum Gasteiger partial charge on any atom is 0.472 e. The average molecular weight is 657 g/mol. The van der Waals surface area contributed by atoms with E-state index in [1.807, 2.05) is 33.3 Å². The van der Waals surface area contributed by atoms with Gasteiger partial charge in [0.25, 0.3) is 0 Å². The van der Waals surface area contributed by atoms with Crippen LogP contribution in [0.5, 0.6) is 0 Å². The van der Waals surface area contributed by atoms with E-state index in [1.54, 1.807) is 0 Å². The van der Waals surface area contributed by atoms with Crippen molar-refractivity contribution in [2.75, 3.05) is 47.5 Å². The van der Waals surface area contributed by atoms with Crippen LogP contribution in [0.3, 0.4) is 0 Å². The van der Waals surface area contributed by atoms with Crippen LogP contribution >= 0.6 is 7.82 Å². The summed E-state index contributed by atoms with van der Waals surface area (Å²) in [5, 5.41) is 0. The molecule has 45 heavy (non-hydrogen) atoms. The van der Waals surface area contributed by atoms with Gasteiger partial charge in [0.2, 0.25) is 0 Å². The third-order valence-corrected chi connectivity index (χ3v) is 7.62. The van der Waals surface area contributed by atoms with Crippen LogP contribution in [0, 0.1) is 0 Å². The van der Waals surface area contributed by atoms with E-state index in [0.717, 1.165) is 44.9 Å². The van der Waals surface area contributed by atoms with Crippen molar-refractivity contribution in [2.45, 2.75) is 116 Å². The first kappa shape index (κ1) is 43.0. The van der Waals surface area contributed by atoms with Gasteiger partial charge in [0.15, 0.2) is 6.10 Å². The Labute approximate surface area is 273 Å². The number of esters is 2. The SMILES string of the molecule is CC/C=C\C/C=C\C/C=C\C/C=C\CCC(=O)OC(COC(=O)CCCCCCCCCC)COP(=O)(O)OCC[N+](C)(C)C. The minimum absolute atomic E-state index is 0.0180. The van der Waals surface area contributed by atoms with Crippen molar-refractivity contribution in [1.29, 1.82) is 0 Å². The third kappa shape index (κ3) is 31.7. The predicted molar refractivity (Wildman–Crippen MR) is 183 cm³/mol. The zero-order valence-corrected chi connectivity index (χ0v) is 29.7. The second-order valence-corrected chi connectivity index (χ2v) is 13.6. The summed E-state index contributed by atoms with van der Waals surface area (Å²) in [6.45, 7) is 4.14. The molecule has 0 saturated heterocycles. The Morgan fingerprint density at radius 2 is 1.27 bits per heavy atom. The summed E-state index contributed by atoms with van der Waals surface area (Å²) in [5.74, 6) is -0.905. The molecule has 0 aliphatic heterocycles. The fraction of sp³-hybridized carbons (Fsp3) is 0.714. The van der Waals surface area contributed by atoms with Crippen molar-refractivity contribution in [3.05, 3.63) is 48.6 Å². The van der Waals surface area contributed by atoms with Crippen molar-refractivity contribution in [1.82, 2.24) is 0 Å². The average Bonchev–Trinajstić information content (AvgIpc) is 2.97. The largest absolute Gasteiger partial charge is 0.472 e. The quantitative estimate of drug-likeness (QED) is 0.0281. The number of phosphoric ester groups is 1. The smallest absolute Gasteiger partial charge is 0.462 e. The zero-order chi connectivity index (χ0) is 33.7. The van der Waals surface area contributed by atoms with Gasteiger partial charge >= 0.3 is 19.8 Å². The normalized spacial score (nSPS) is 14.5. The Morgan fingerprint density at radius 3 is 1.84 bits per heavy atom. The Kier molecular flexibility index (Phi) is 26.9. The number of rotatable bonds is 29. The number of hydrogen-bond donors (Lipinski definition) is 1. The Morgan fingerprint density at radius 1 is 0.711 bits per heavy atom. The lowest BCUT2D eigenvalue weighted by Crippen LogP contribution is -2.37. The Hall–Kier alpha value is -2.03. The number of ether oxygens (including phenoxy) is 2. The summed E-state index contributed by atoms with van der Waals surface area (Å²) in [5.41, 5.74) is 0. The van der Waals surface area contributed by atoms with E-state index >= 15 is 0 Å². The Balaban J connectivity index is 4.65. The molecule has 0 aromatic rings. The molecule has 2 atom stereocenters. The number of carbonyl (C=O) groups is 2. The summed E-state index contributed by atoms with van der Waals surface area (Å²) in [7, 11) is 1.42. The van der Waals surface area contributed by atoms with E-state index in [2.05, 4.69) is 50.3 Å². The predicted octanol–water partition coefficient (Wildman–Crippen LogP) is 8.40. The van der Waals surface area contributed by atoms with Crippen LogP contribution in [0.4, 0.5) is 0 Å². The van der Waals surface area contributed by atoms with Gasteiger partial charge in [-0.15, -0.1) is 0 Å². The standard InChI is InChI=1S/C35H62NO8P/c1-6-8-10-12-14-16-17-18-19-20-22-24-26-28-35(38)44-33(32-43-45(39,40)42-30-29-36(3,4)5)31-41-34(37)27-25-23-21-15-13-11-9-7-2/h8,10,14,16,18-19,22,24,33H,6-7,9,11-13,15,17,20-21,23,25-32H2,1-5H3/p+1/b10-8-,16-14-,19-18-,24-22-. The lowest BCUT2D eigenvalue weighted by molar-refractivity contribution is -0.870. The molecule has 1 N–H and O–H groups in total. The van der Waals surface area contributed by atoms with E-state index in [4.69, 9.17) is 18.5 Å². The monoisotopic (exact) mass is 656 g/mol. The molecule has 10 heteroatoms. The van der Waals surface area contributed by atoms with Gasteiger partial charge in [-0.25, -0.2) is 4.57 Å². The second kappa shape index (κ2) is 28.2. The maximum atomic E-state index is 12.5. The van der Waals surface area contributed by atoms with Crippen LogP contribution in [0.25, 0.3) is 0 Å². The molecule has 0 bridgehead atoms. The zero-order valence-electron chi connectivity index (χ0n) is 28.8. The molecule has 0 amide bonds. The van der Waals surface area contributed by atoms with Gasteiger partial charge in [-0.05, 0) is 38.5 Å². The first-order chi connectivity index (χ1) is 21.5. The van der Waals surface area contributed by atoms with E-state index in [9.17, 15) is 19.0 Å². The summed E-state index contributed by atoms with van der Waals surface area (Å²) < 4.78 is 33.9. The number of carbonyl (C=O) groups excluding carboxylic acids is 2. The fourth-order valence-corrected chi connectivity index (χ4v) is 4.71. The van der Waals surface area contributed by atoms with Gasteiger partial charge < -0.3 is 18.9 Å². The molecular formula is C35H63NO8P+. The number of likely N-dealkylation sites (N-methyl/N-ethyl adjacent to an activating group) is 1. The van der Waals surface area contributed by atoms with Crippen molar-refractivity contribution >= 4 is 19.8 Å². The molecule has 9 nitrogen and oxygen atoms in total. The van der Waals surface area contributed by atoms with Crippen molar-refractivity contribution in [3.63, 3.8) is 0 Å². The second-order valence-electron chi connectivity index (χ2n) is 12.2. The van der Waals surface area contributed by atoms with Gasteiger partial charge in [-0.1, -0.05) is 107 Å². The molecule has 0 heterocycles. The van der Waals surface area contributed by atoms with Crippen LogP contribution in [0.1, 0.15) is 110 Å². The molecule has 260 valence electrons. The highest BCUT2D eigenvalue weighted by molar-refractivity contribution is 7.47. The molecular weight excluding hydrogens is 593 g/mol. The summed E-state index contributed by atoms with van der Waals surface area (Å²) in [6.07, 6.45) is 29.1. The molecule has 0 spiro atoms. The first-order valence-corrected chi connectivity index (χ1v) is 18.4. The number of unbranched alkanes of at least 4 members (excludes halogenated alkanes) is 7.